The standard InChI is InChI=1S/C17H15F2N5O2S/c1-11(16(25)21-12-5-7-15(8-6-12)27-17(18)19)26-14-4-2-3-13(9-14)24-10-20-22-23-24/h2-11,17H,1H3,(H,21,25)/t11-/m0/s1. The summed E-state index contributed by atoms with van der Waals surface area (Å²) in [6.45, 7) is 1.61. The molecule has 1 aromatic heterocycles. The van der Waals surface area contributed by atoms with Crippen molar-refractivity contribution >= 4 is 23.4 Å². The molecule has 3 rings (SSSR count). The molecular weight excluding hydrogens is 376 g/mol. The number of nitrogens with one attached hydrogen (secondary N) is 1. The molecule has 0 aliphatic rings. The summed E-state index contributed by atoms with van der Waals surface area (Å²) in [5.41, 5.74) is 1.19. The minimum atomic E-state index is -2.48. The van der Waals surface area contributed by atoms with E-state index < -0.39 is 11.9 Å². The Kier molecular flexibility index (Phi) is 5.97. The van der Waals surface area contributed by atoms with Gasteiger partial charge in [0.1, 0.15) is 12.1 Å². The van der Waals surface area contributed by atoms with Crippen LogP contribution >= 0.6 is 11.8 Å². The molecule has 0 aliphatic heterocycles. The molecule has 10 heteroatoms. The molecule has 0 unspecified atom stereocenters. The second-order valence-electron chi connectivity index (χ2n) is 5.40. The van der Waals surface area contributed by atoms with Crippen molar-refractivity contribution in [3.8, 4) is 11.4 Å². The van der Waals surface area contributed by atoms with Crippen molar-refractivity contribution in [2.24, 2.45) is 0 Å². The second kappa shape index (κ2) is 8.58. The van der Waals surface area contributed by atoms with E-state index in [0.29, 0.717) is 33.8 Å². The number of amides is 1. The molecule has 0 radical (unpaired) electrons. The van der Waals surface area contributed by atoms with Crippen LogP contribution in [0, 0.1) is 0 Å². The van der Waals surface area contributed by atoms with Crippen molar-refractivity contribution in [2.75, 3.05) is 5.32 Å². The molecule has 3 aromatic rings. The Labute approximate surface area is 157 Å². The van der Waals surface area contributed by atoms with Crippen molar-refractivity contribution < 1.29 is 18.3 Å². The first-order valence-corrected chi connectivity index (χ1v) is 8.75. The second-order valence-corrected chi connectivity index (χ2v) is 6.47. The van der Waals surface area contributed by atoms with Crippen LogP contribution in [0.15, 0.2) is 59.8 Å². The van der Waals surface area contributed by atoms with Gasteiger partial charge in [0.25, 0.3) is 11.7 Å². The molecule has 1 atom stereocenters. The van der Waals surface area contributed by atoms with E-state index in [1.807, 2.05) is 0 Å². The van der Waals surface area contributed by atoms with Gasteiger partial charge in [0.05, 0.1) is 5.69 Å². The number of ether oxygens (including phenoxy) is 1. The van der Waals surface area contributed by atoms with E-state index in [-0.39, 0.29) is 5.91 Å². The summed E-state index contributed by atoms with van der Waals surface area (Å²) in [5.74, 6) is -2.37. The summed E-state index contributed by atoms with van der Waals surface area (Å²) in [5, 5.41) is 13.6. The fourth-order valence-electron chi connectivity index (χ4n) is 2.20. The molecule has 2 aromatic carbocycles. The van der Waals surface area contributed by atoms with E-state index in [1.165, 1.54) is 23.1 Å². The molecule has 0 saturated heterocycles. The van der Waals surface area contributed by atoms with Gasteiger partial charge in [-0.15, -0.1) is 5.10 Å². The number of thioether (sulfide) groups is 1. The normalized spacial score (nSPS) is 12.0. The smallest absolute Gasteiger partial charge is 0.288 e. The van der Waals surface area contributed by atoms with Crippen LogP contribution in [0.2, 0.25) is 0 Å². The minimum Gasteiger partial charge on any atom is -0.481 e. The van der Waals surface area contributed by atoms with Gasteiger partial charge in [0.15, 0.2) is 6.10 Å². The first-order chi connectivity index (χ1) is 13.0. The van der Waals surface area contributed by atoms with Gasteiger partial charge in [-0.2, -0.15) is 8.78 Å². The molecule has 0 bridgehead atoms. The van der Waals surface area contributed by atoms with Crippen LogP contribution in [0.4, 0.5) is 14.5 Å². The van der Waals surface area contributed by atoms with Gasteiger partial charge in [-0.3, -0.25) is 4.79 Å². The Morgan fingerprint density at radius 2 is 2.00 bits per heavy atom. The van der Waals surface area contributed by atoms with E-state index in [1.54, 1.807) is 43.3 Å². The lowest BCUT2D eigenvalue weighted by atomic mass is 10.2. The number of hydrogen-bond acceptors (Lipinski definition) is 6. The number of alkyl halides is 2. The van der Waals surface area contributed by atoms with Gasteiger partial charge in [-0.1, -0.05) is 17.8 Å². The lowest BCUT2D eigenvalue weighted by Gasteiger charge is -2.15. The number of anilines is 1. The molecule has 0 spiro atoms. The lowest BCUT2D eigenvalue weighted by molar-refractivity contribution is -0.122. The Bertz CT molecular complexity index is 891. The molecular formula is C17H15F2N5O2S. The van der Waals surface area contributed by atoms with E-state index in [0.717, 1.165) is 0 Å². The SMILES string of the molecule is C[C@H](Oc1cccc(-n2cnnn2)c1)C(=O)Nc1ccc(SC(F)F)cc1. The summed E-state index contributed by atoms with van der Waals surface area (Å²) in [6.07, 6.45) is 0.676. The zero-order chi connectivity index (χ0) is 19.2. The van der Waals surface area contributed by atoms with Gasteiger partial charge >= 0.3 is 0 Å². The summed E-state index contributed by atoms with van der Waals surface area (Å²) in [7, 11) is 0. The van der Waals surface area contributed by atoms with Crippen LogP contribution < -0.4 is 10.1 Å². The first kappa shape index (κ1) is 18.8. The van der Waals surface area contributed by atoms with Crippen LogP contribution in [-0.4, -0.2) is 38.0 Å². The quantitative estimate of drug-likeness (QED) is 0.622. The molecule has 140 valence electrons. The van der Waals surface area contributed by atoms with Crippen molar-refractivity contribution in [3.63, 3.8) is 0 Å². The highest BCUT2D eigenvalue weighted by atomic mass is 32.2. The third-order valence-corrected chi connectivity index (χ3v) is 4.18. The number of nitrogens with zero attached hydrogens (tertiary/aromatic N) is 4. The van der Waals surface area contributed by atoms with Crippen molar-refractivity contribution in [3.05, 3.63) is 54.9 Å². The number of benzene rings is 2. The maximum Gasteiger partial charge on any atom is 0.288 e. The van der Waals surface area contributed by atoms with Crippen LogP contribution in [0.3, 0.4) is 0 Å². The highest BCUT2D eigenvalue weighted by Crippen LogP contribution is 2.26. The number of rotatable bonds is 7. The minimum absolute atomic E-state index is 0.364. The zero-order valence-electron chi connectivity index (χ0n) is 14.1. The van der Waals surface area contributed by atoms with Crippen LogP contribution in [0.25, 0.3) is 5.69 Å². The van der Waals surface area contributed by atoms with Crippen molar-refractivity contribution in [2.45, 2.75) is 23.7 Å². The lowest BCUT2D eigenvalue weighted by Crippen LogP contribution is -2.30. The van der Waals surface area contributed by atoms with Crippen molar-refractivity contribution in [1.29, 1.82) is 0 Å². The molecule has 0 fully saturated rings. The molecule has 7 nitrogen and oxygen atoms in total. The molecule has 1 N–H and O–H groups in total. The van der Waals surface area contributed by atoms with E-state index in [4.69, 9.17) is 4.74 Å². The molecule has 27 heavy (non-hydrogen) atoms. The van der Waals surface area contributed by atoms with Gasteiger partial charge < -0.3 is 10.1 Å². The molecule has 0 aliphatic carbocycles. The maximum atomic E-state index is 12.3. The Balaban J connectivity index is 1.60. The third kappa shape index (κ3) is 5.23. The average molecular weight is 391 g/mol. The summed E-state index contributed by atoms with van der Waals surface area (Å²) >= 11 is 0.448. The highest BCUT2D eigenvalue weighted by Gasteiger charge is 2.15. The van der Waals surface area contributed by atoms with E-state index in [2.05, 4.69) is 20.8 Å². The predicted octanol–water partition coefficient (Wildman–Crippen LogP) is 3.38. The van der Waals surface area contributed by atoms with Gasteiger partial charge in [0.2, 0.25) is 0 Å². The monoisotopic (exact) mass is 391 g/mol. The summed E-state index contributed by atoms with van der Waals surface area (Å²) in [6, 6.07) is 13.1. The van der Waals surface area contributed by atoms with E-state index in [9.17, 15) is 13.6 Å². The predicted molar refractivity (Wildman–Crippen MR) is 96.2 cm³/mol. The van der Waals surface area contributed by atoms with Crippen LogP contribution in [0.5, 0.6) is 5.75 Å². The number of hydrogen-bond donors (Lipinski definition) is 1. The highest BCUT2D eigenvalue weighted by molar-refractivity contribution is 7.99. The maximum absolute atomic E-state index is 12.3. The largest absolute Gasteiger partial charge is 0.481 e. The number of halogens is 2. The fraction of sp³-hybridized carbons (Fsp3) is 0.176. The van der Waals surface area contributed by atoms with E-state index >= 15 is 0 Å². The Morgan fingerprint density at radius 3 is 2.67 bits per heavy atom. The Hall–Kier alpha value is -3.01. The van der Waals surface area contributed by atoms with Crippen LogP contribution in [-0.2, 0) is 4.79 Å². The average Bonchev–Trinajstić information content (AvgIpc) is 3.18. The molecule has 0 saturated carbocycles. The van der Waals surface area contributed by atoms with Gasteiger partial charge in [0, 0.05) is 16.6 Å². The fourth-order valence-corrected chi connectivity index (χ4v) is 2.70. The Morgan fingerprint density at radius 1 is 1.22 bits per heavy atom. The van der Waals surface area contributed by atoms with Gasteiger partial charge in [-0.25, -0.2) is 4.68 Å². The number of tetrazole rings is 1. The van der Waals surface area contributed by atoms with Gasteiger partial charge in [-0.05, 0) is 53.7 Å². The third-order valence-electron chi connectivity index (χ3n) is 3.46. The van der Waals surface area contributed by atoms with Crippen LogP contribution in [0.1, 0.15) is 6.92 Å². The first-order valence-electron chi connectivity index (χ1n) is 7.87. The summed E-state index contributed by atoms with van der Waals surface area (Å²) < 4.78 is 31.8. The zero-order valence-corrected chi connectivity index (χ0v) is 14.9. The summed E-state index contributed by atoms with van der Waals surface area (Å²) in [4.78, 5) is 12.7. The topological polar surface area (TPSA) is 81.9 Å². The molecule has 1 heterocycles. The number of aromatic nitrogens is 4. The van der Waals surface area contributed by atoms with Crippen molar-refractivity contribution in [1.82, 2.24) is 20.2 Å². The number of carbonyl (C=O) groups excluding carboxylic acids is 1. The number of carbonyl (C=O) groups is 1. The molecule has 1 amide bonds.